The molecule has 1 amide bonds. The third-order valence-electron chi connectivity index (χ3n) is 6.43. The predicted molar refractivity (Wildman–Crippen MR) is 134 cm³/mol. The molecule has 1 fully saturated rings. The van der Waals surface area contributed by atoms with Crippen molar-refractivity contribution in [3.8, 4) is 0 Å². The maximum Gasteiger partial charge on any atom is 0.355 e. The van der Waals surface area contributed by atoms with Crippen molar-refractivity contribution < 1.29 is 24.2 Å². The van der Waals surface area contributed by atoms with E-state index in [1.165, 1.54) is 4.90 Å². The number of likely N-dealkylation sites (tertiary alicyclic amines) is 1. The van der Waals surface area contributed by atoms with Crippen molar-refractivity contribution in [1.82, 2.24) is 14.8 Å². The quantitative estimate of drug-likeness (QED) is 0.231. The van der Waals surface area contributed by atoms with E-state index in [2.05, 4.69) is 9.88 Å². The lowest BCUT2D eigenvalue weighted by Gasteiger charge is -2.28. The van der Waals surface area contributed by atoms with Gasteiger partial charge < -0.3 is 24.6 Å². The van der Waals surface area contributed by atoms with Crippen LogP contribution in [0.15, 0.2) is 29.8 Å². The van der Waals surface area contributed by atoms with Crippen molar-refractivity contribution in [2.45, 2.75) is 40.7 Å². The Morgan fingerprint density at radius 3 is 2.34 bits per heavy atom. The Morgan fingerprint density at radius 2 is 1.77 bits per heavy atom. The molecule has 2 aromatic rings. The van der Waals surface area contributed by atoms with Crippen molar-refractivity contribution in [3.05, 3.63) is 62.9 Å². The van der Waals surface area contributed by atoms with Gasteiger partial charge in [-0.3, -0.25) is 9.59 Å². The van der Waals surface area contributed by atoms with Crippen LogP contribution in [0.2, 0.25) is 5.02 Å². The number of esters is 1. The summed E-state index contributed by atoms with van der Waals surface area (Å²) < 4.78 is 5.10. The van der Waals surface area contributed by atoms with Gasteiger partial charge in [-0.25, -0.2) is 4.79 Å². The Bertz CT molecular complexity index is 1150. The number of aromatic nitrogens is 1. The van der Waals surface area contributed by atoms with E-state index in [0.717, 1.165) is 13.1 Å². The molecule has 2 heterocycles. The van der Waals surface area contributed by atoms with Gasteiger partial charge in [0.25, 0.3) is 11.7 Å². The molecule has 35 heavy (non-hydrogen) atoms. The standard InChI is InChI=1S/C26H32ClN3O5/c1-6-29(7-2)13-14-30-22(17-9-11-18(27)12-10-17)20(24(32)25(30)33)23(31)19-15(4)21(28-16(19)5)26(34)35-8-3/h9-12,22,28,31H,6-8,13-14H2,1-5H3/b23-20+. The van der Waals surface area contributed by atoms with E-state index >= 15 is 0 Å². The number of rotatable bonds is 9. The molecule has 1 aliphatic rings. The van der Waals surface area contributed by atoms with E-state index in [0.29, 0.717) is 40.5 Å². The monoisotopic (exact) mass is 501 g/mol. The number of Topliss-reactive ketones (excluding diaryl/α,β-unsaturated/α-hetero) is 1. The molecule has 1 aliphatic heterocycles. The number of carbonyl (C=O) groups excluding carboxylic acids is 3. The lowest BCUT2D eigenvalue weighted by atomic mass is 9.94. The van der Waals surface area contributed by atoms with Crippen molar-refractivity contribution in [2.24, 2.45) is 0 Å². The number of halogens is 1. The van der Waals surface area contributed by atoms with Crippen molar-refractivity contribution in [1.29, 1.82) is 0 Å². The van der Waals surface area contributed by atoms with E-state index < -0.39 is 23.7 Å². The molecule has 3 rings (SSSR count). The minimum Gasteiger partial charge on any atom is -0.507 e. The van der Waals surface area contributed by atoms with Crippen molar-refractivity contribution in [2.75, 3.05) is 32.8 Å². The summed E-state index contributed by atoms with van der Waals surface area (Å²) in [7, 11) is 0. The highest BCUT2D eigenvalue weighted by molar-refractivity contribution is 6.46. The number of benzene rings is 1. The molecule has 0 spiro atoms. The highest BCUT2D eigenvalue weighted by atomic mass is 35.5. The van der Waals surface area contributed by atoms with Crippen LogP contribution in [0.5, 0.6) is 0 Å². The molecule has 1 aromatic carbocycles. The Morgan fingerprint density at radius 1 is 1.14 bits per heavy atom. The number of ketones is 1. The first-order chi connectivity index (χ1) is 16.7. The maximum atomic E-state index is 13.3. The Labute approximate surface area is 210 Å². The average molecular weight is 502 g/mol. The summed E-state index contributed by atoms with van der Waals surface area (Å²) in [5.74, 6) is -2.31. The van der Waals surface area contributed by atoms with Gasteiger partial charge in [0.1, 0.15) is 11.5 Å². The van der Waals surface area contributed by atoms with E-state index in [-0.39, 0.29) is 23.6 Å². The topological polar surface area (TPSA) is 103 Å². The summed E-state index contributed by atoms with van der Waals surface area (Å²) in [5.41, 5.74) is 2.09. The first-order valence-corrected chi connectivity index (χ1v) is 12.2. The minimum absolute atomic E-state index is 0.0162. The molecule has 2 N–H and O–H groups in total. The number of hydrogen-bond donors (Lipinski definition) is 2. The number of nitrogens with one attached hydrogen (secondary N) is 1. The Kier molecular flexibility index (Phi) is 8.40. The molecule has 9 heteroatoms. The second-order valence-electron chi connectivity index (χ2n) is 8.42. The maximum absolute atomic E-state index is 13.3. The van der Waals surface area contributed by atoms with Crippen LogP contribution < -0.4 is 0 Å². The van der Waals surface area contributed by atoms with Crippen LogP contribution >= 0.6 is 11.6 Å². The normalized spacial score (nSPS) is 17.5. The summed E-state index contributed by atoms with van der Waals surface area (Å²) >= 11 is 6.08. The molecule has 188 valence electrons. The van der Waals surface area contributed by atoms with Crippen LogP contribution in [0.1, 0.15) is 59.7 Å². The van der Waals surface area contributed by atoms with Gasteiger partial charge in [-0.2, -0.15) is 0 Å². The number of likely N-dealkylation sites (N-methyl/N-ethyl adjacent to an activating group) is 1. The average Bonchev–Trinajstić information content (AvgIpc) is 3.27. The van der Waals surface area contributed by atoms with E-state index in [1.54, 1.807) is 45.0 Å². The summed E-state index contributed by atoms with van der Waals surface area (Å²) in [6.07, 6.45) is 0. The largest absolute Gasteiger partial charge is 0.507 e. The highest BCUT2D eigenvalue weighted by Gasteiger charge is 2.46. The molecule has 0 saturated carbocycles. The van der Waals surface area contributed by atoms with Crippen LogP contribution in [-0.4, -0.2) is 70.3 Å². The number of aliphatic hydroxyl groups is 1. The van der Waals surface area contributed by atoms with E-state index in [1.807, 2.05) is 13.8 Å². The second-order valence-corrected chi connectivity index (χ2v) is 8.85. The van der Waals surface area contributed by atoms with Gasteiger partial charge in [0.05, 0.1) is 18.2 Å². The van der Waals surface area contributed by atoms with Crippen LogP contribution in [0.4, 0.5) is 0 Å². The molecule has 1 aromatic heterocycles. The Balaban J connectivity index is 2.16. The van der Waals surface area contributed by atoms with Gasteiger partial charge in [-0.15, -0.1) is 0 Å². The number of hydrogen-bond acceptors (Lipinski definition) is 6. The zero-order valence-corrected chi connectivity index (χ0v) is 21.5. The van der Waals surface area contributed by atoms with E-state index in [9.17, 15) is 19.5 Å². The summed E-state index contributed by atoms with van der Waals surface area (Å²) in [6, 6.07) is 6.08. The fourth-order valence-corrected chi connectivity index (χ4v) is 4.66. The summed E-state index contributed by atoms with van der Waals surface area (Å²) in [4.78, 5) is 45.4. The first-order valence-electron chi connectivity index (χ1n) is 11.8. The lowest BCUT2D eigenvalue weighted by molar-refractivity contribution is -0.140. The number of amides is 1. The molecule has 0 aliphatic carbocycles. The first kappa shape index (κ1) is 26.5. The van der Waals surface area contributed by atoms with Crippen LogP contribution in [-0.2, 0) is 14.3 Å². The number of H-pyrrole nitrogens is 1. The molecular weight excluding hydrogens is 470 g/mol. The van der Waals surface area contributed by atoms with Gasteiger partial charge in [-0.05, 0) is 57.1 Å². The number of ether oxygens (including phenoxy) is 1. The third kappa shape index (κ3) is 5.13. The lowest BCUT2D eigenvalue weighted by Crippen LogP contribution is -2.38. The van der Waals surface area contributed by atoms with Gasteiger partial charge in [-0.1, -0.05) is 37.6 Å². The zero-order chi connectivity index (χ0) is 25.9. The van der Waals surface area contributed by atoms with Crippen LogP contribution in [0, 0.1) is 13.8 Å². The molecule has 0 radical (unpaired) electrons. The number of aliphatic hydroxyl groups excluding tert-OH is 1. The molecule has 1 saturated heterocycles. The van der Waals surface area contributed by atoms with Gasteiger partial charge in [0.2, 0.25) is 0 Å². The fourth-order valence-electron chi connectivity index (χ4n) is 4.54. The number of aromatic amines is 1. The molecule has 1 atom stereocenters. The number of carbonyl (C=O) groups is 3. The molecular formula is C26H32ClN3O5. The van der Waals surface area contributed by atoms with Gasteiger partial charge in [0.15, 0.2) is 0 Å². The number of aryl methyl sites for hydroxylation is 1. The smallest absolute Gasteiger partial charge is 0.355 e. The molecule has 1 unspecified atom stereocenters. The SMILES string of the molecule is CCOC(=O)c1[nH]c(C)c(/C(O)=C2\C(=O)C(=O)N(CCN(CC)CC)C2c2ccc(Cl)cc2)c1C. The third-order valence-corrected chi connectivity index (χ3v) is 6.68. The van der Waals surface area contributed by atoms with E-state index in [4.69, 9.17) is 16.3 Å². The number of nitrogens with zero attached hydrogens (tertiary/aromatic N) is 2. The van der Waals surface area contributed by atoms with Crippen molar-refractivity contribution >= 4 is 35.0 Å². The predicted octanol–water partition coefficient (Wildman–Crippen LogP) is 4.23. The van der Waals surface area contributed by atoms with Gasteiger partial charge >= 0.3 is 5.97 Å². The van der Waals surface area contributed by atoms with Gasteiger partial charge in [0, 0.05) is 29.4 Å². The molecule has 0 bridgehead atoms. The molecule has 8 nitrogen and oxygen atoms in total. The highest BCUT2D eigenvalue weighted by Crippen LogP contribution is 2.41. The minimum atomic E-state index is -0.789. The van der Waals surface area contributed by atoms with Crippen LogP contribution in [0.3, 0.4) is 0 Å². The second kappa shape index (κ2) is 11.1. The zero-order valence-electron chi connectivity index (χ0n) is 20.8. The fraction of sp³-hybridized carbons (Fsp3) is 0.423. The van der Waals surface area contributed by atoms with Crippen LogP contribution in [0.25, 0.3) is 5.76 Å². The Hall–Kier alpha value is -3.10. The summed E-state index contributed by atoms with van der Waals surface area (Å²) in [5, 5.41) is 12.0. The summed E-state index contributed by atoms with van der Waals surface area (Å²) in [6.45, 7) is 11.8. The van der Waals surface area contributed by atoms with Crippen molar-refractivity contribution in [3.63, 3.8) is 0 Å².